The molecule has 0 heterocycles. The highest BCUT2D eigenvalue weighted by atomic mass is 28.4. The molecule has 0 aliphatic heterocycles. The van der Waals surface area contributed by atoms with Crippen LogP contribution in [-0.2, 0) is 4.43 Å². The van der Waals surface area contributed by atoms with E-state index in [0.717, 1.165) is 25.9 Å². The zero-order chi connectivity index (χ0) is 15.6. The topological polar surface area (TPSA) is 29.5 Å². The lowest BCUT2D eigenvalue weighted by Crippen LogP contribution is -2.40. The smallest absolute Gasteiger partial charge is 0.191 e. The highest BCUT2D eigenvalue weighted by Crippen LogP contribution is 2.36. The molecule has 0 aliphatic rings. The van der Waals surface area contributed by atoms with Gasteiger partial charge in [0.15, 0.2) is 8.32 Å². The summed E-state index contributed by atoms with van der Waals surface area (Å²) in [5.74, 6) is 0. The molecule has 1 N–H and O–H groups in total. The van der Waals surface area contributed by atoms with E-state index >= 15 is 0 Å². The molecule has 0 aliphatic carbocycles. The lowest BCUT2D eigenvalue weighted by atomic mass is 10.2. The van der Waals surface area contributed by atoms with E-state index in [4.69, 9.17) is 4.43 Å². The standard InChI is InChI=1S/C17H34O2Si/c1-7-16(18)14-12-10-8-9-11-13-15-19-20(5,6)17(2,3)4/h10,14,16,18H,7-9,11,13,15H2,1-6H3. The third-order valence-corrected chi connectivity index (χ3v) is 8.62. The maximum absolute atomic E-state index is 9.32. The average molecular weight is 299 g/mol. The number of rotatable bonds is 9. The number of aliphatic hydroxyl groups is 1. The molecule has 3 heteroatoms. The van der Waals surface area contributed by atoms with Gasteiger partial charge in [0, 0.05) is 6.61 Å². The van der Waals surface area contributed by atoms with Crippen LogP contribution in [0.2, 0.25) is 18.1 Å². The molecule has 1 atom stereocenters. The van der Waals surface area contributed by atoms with Crippen molar-refractivity contribution < 1.29 is 9.53 Å². The average Bonchev–Trinajstić information content (AvgIpc) is 2.34. The molecular weight excluding hydrogens is 264 g/mol. The van der Waals surface area contributed by atoms with Crippen molar-refractivity contribution in [3.8, 4) is 0 Å². The minimum absolute atomic E-state index is 0.306. The zero-order valence-corrected chi connectivity index (χ0v) is 15.3. The lowest BCUT2D eigenvalue weighted by molar-refractivity contribution is 0.219. The summed E-state index contributed by atoms with van der Waals surface area (Å²) in [6, 6.07) is 0. The number of aliphatic hydroxyl groups excluding tert-OH is 1. The van der Waals surface area contributed by atoms with E-state index in [2.05, 4.69) is 39.6 Å². The van der Waals surface area contributed by atoms with Crippen LogP contribution in [0.25, 0.3) is 0 Å². The van der Waals surface area contributed by atoms with E-state index in [1.54, 1.807) is 6.08 Å². The molecule has 0 rings (SSSR count). The quantitative estimate of drug-likeness (QED) is 0.366. The normalized spacial score (nSPS) is 13.8. The fourth-order valence-corrected chi connectivity index (χ4v) is 2.54. The summed E-state index contributed by atoms with van der Waals surface area (Å²) >= 11 is 0. The molecule has 0 bridgehead atoms. The molecule has 0 saturated heterocycles. The van der Waals surface area contributed by atoms with Gasteiger partial charge in [-0.25, -0.2) is 0 Å². The highest BCUT2D eigenvalue weighted by molar-refractivity contribution is 6.74. The summed E-state index contributed by atoms with van der Waals surface area (Å²) in [7, 11) is -1.56. The number of hydrogen-bond donors (Lipinski definition) is 1. The van der Waals surface area contributed by atoms with Gasteiger partial charge >= 0.3 is 0 Å². The van der Waals surface area contributed by atoms with Crippen molar-refractivity contribution in [3.63, 3.8) is 0 Å². The van der Waals surface area contributed by atoms with Gasteiger partial charge in [-0.15, -0.1) is 5.73 Å². The second-order valence-electron chi connectivity index (χ2n) is 6.97. The summed E-state index contributed by atoms with van der Waals surface area (Å²) < 4.78 is 6.14. The third-order valence-electron chi connectivity index (χ3n) is 4.09. The van der Waals surface area contributed by atoms with Gasteiger partial charge in [-0.3, -0.25) is 0 Å². The molecule has 2 nitrogen and oxygen atoms in total. The van der Waals surface area contributed by atoms with Crippen molar-refractivity contribution in [3.05, 3.63) is 17.9 Å². The molecule has 0 amide bonds. The second-order valence-corrected chi connectivity index (χ2v) is 11.8. The van der Waals surface area contributed by atoms with E-state index in [9.17, 15) is 5.11 Å². The molecule has 0 spiro atoms. The minimum Gasteiger partial charge on any atom is -0.417 e. The van der Waals surface area contributed by atoms with Gasteiger partial charge in [0.2, 0.25) is 0 Å². The van der Waals surface area contributed by atoms with Gasteiger partial charge in [0.05, 0.1) is 6.10 Å². The first-order valence-corrected chi connectivity index (χ1v) is 10.8. The van der Waals surface area contributed by atoms with Crippen molar-refractivity contribution in [1.29, 1.82) is 0 Å². The van der Waals surface area contributed by atoms with Crippen molar-refractivity contribution in [2.24, 2.45) is 0 Å². The molecule has 0 radical (unpaired) electrons. The summed E-state index contributed by atoms with van der Waals surface area (Å²) in [6.45, 7) is 14.3. The summed E-state index contributed by atoms with van der Waals surface area (Å²) in [5, 5.41) is 9.63. The Labute approximate surface area is 127 Å². The fraction of sp³-hybridized carbons (Fsp3) is 0.824. The molecular formula is C17H34O2Si. The van der Waals surface area contributed by atoms with E-state index in [1.807, 2.05) is 13.0 Å². The SMILES string of the molecule is CCC(O)C=C=CCCCCCO[Si](C)(C)C(C)(C)C. The molecule has 0 saturated carbocycles. The fourth-order valence-electron chi connectivity index (χ4n) is 1.45. The Hall–Kier alpha value is -0.343. The number of unbranched alkanes of at least 4 members (excludes halogenated alkanes) is 3. The van der Waals surface area contributed by atoms with Crippen molar-refractivity contribution in [2.45, 2.75) is 84.0 Å². The third kappa shape index (κ3) is 8.75. The van der Waals surface area contributed by atoms with E-state index in [0.29, 0.717) is 5.04 Å². The lowest BCUT2D eigenvalue weighted by Gasteiger charge is -2.36. The van der Waals surface area contributed by atoms with Gasteiger partial charge < -0.3 is 9.53 Å². The molecule has 0 aromatic rings. The Morgan fingerprint density at radius 1 is 1.20 bits per heavy atom. The Morgan fingerprint density at radius 3 is 2.40 bits per heavy atom. The van der Waals surface area contributed by atoms with Crippen LogP contribution < -0.4 is 0 Å². The van der Waals surface area contributed by atoms with Crippen LogP contribution in [-0.4, -0.2) is 26.1 Å². The molecule has 118 valence electrons. The Kier molecular flexibility index (Phi) is 9.40. The Balaban J connectivity index is 3.67. The molecule has 0 fully saturated rings. The predicted molar refractivity (Wildman–Crippen MR) is 90.6 cm³/mol. The predicted octanol–water partition coefficient (Wildman–Crippen LogP) is 5.05. The van der Waals surface area contributed by atoms with Crippen LogP contribution in [0.1, 0.15) is 59.8 Å². The monoisotopic (exact) mass is 298 g/mol. The van der Waals surface area contributed by atoms with Crippen LogP contribution >= 0.6 is 0 Å². The van der Waals surface area contributed by atoms with E-state index in [-0.39, 0.29) is 6.10 Å². The van der Waals surface area contributed by atoms with E-state index in [1.165, 1.54) is 12.8 Å². The van der Waals surface area contributed by atoms with Crippen molar-refractivity contribution >= 4 is 8.32 Å². The largest absolute Gasteiger partial charge is 0.417 e. The van der Waals surface area contributed by atoms with Gasteiger partial charge in [0.1, 0.15) is 0 Å². The zero-order valence-electron chi connectivity index (χ0n) is 14.3. The second kappa shape index (κ2) is 9.57. The van der Waals surface area contributed by atoms with Crippen LogP contribution in [0.4, 0.5) is 0 Å². The van der Waals surface area contributed by atoms with Crippen molar-refractivity contribution in [2.75, 3.05) is 6.61 Å². The van der Waals surface area contributed by atoms with Crippen LogP contribution in [0.15, 0.2) is 17.9 Å². The summed E-state index contributed by atoms with van der Waals surface area (Å²) in [4.78, 5) is 0. The Morgan fingerprint density at radius 2 is 1.85 bits per heavy atom. The first-order valence-electron chi connectivity index (χ1n) is 7.94. The first kappa shape index (κ1) is 19.7. The van der Waals surface area contributed by atoms with Gasteiger partial charge in [0.25, 0.3) is 0 Å². The summed E-state index contributed by atoms with van der Waals surface area (Å²) in [6.07, 6.45) is 8.71. The molecule has 0 aromatic heterocycles. The summed E-state index contributed by atoms with van der Waals surface area (Å²) in [5.41, 5.74) is 3.05. The van der Waals surface area contributed by atoms with Crippen LogP contribution in [0, 0.1) is 0 Å². The molecule has 1 unspecified atom stereocenters. The van der Waals surface area contributed by atoms with Crippen LogP contribution in [0.3, 0.4) is 0 Å². The van der Waals surface area contributed by atoms with E-state index < -0.39 is 8.32 Å². The molecule has 20 heavy (non-hydrogen) atoms. The molecule has 0 aromatic carbocycles. The van der Waals surface area contributed by atoms with Crippen molar-refractivity contribution in [1.82, 2.24) is 0 Å². The van der Waals surface area contributed by atoms with Gasteiger partial charge in [-0.2, -0.15) is 0 Å². The minimum atomic E-state index is -1.56. The first-order chi connectivity index (χ1) is 9.20. The van der Waals surface area contributed by atoms with Gasteiger partial charge in [-0.05, 0) is 56.0 Å². The maximum atomic E-state index is 9.32. The van der Waals surface area contributed by atoms with Gasteiger partial charge in [-0.1, -0.05) is 34.1 Å². The van der Waals surface area contributed by atoms with Crippen LogP contribution in [0.5, 0.6) is 0 Å². The number of hydrogen-bond acceptors (Lipinski definition) is 2. The highest BCUT2D eigenvalue weighted by Gasteiger charge is 2.36. The maximum Gasteiger partial charge on any atom is 0.191 e. The Bertz CT molecular complexity index is 309.